The minimum atomic E-state index is 0.698. The van der Waals surface area contributed by atoms with Gasteiger partial charge in [-0.05, 0) is 18.2 Å². The molecule has 94 valence electrons. The van der Waals surface area contributed by atoms with Crippen LogP contribution in [0.5, 0.6) is 0 Å². The van der Waals surface area contributed by atoms with E-state index < -0.39 is 0 Å². The Kier molecular flexibility index (Phi) is 2.98. The summed E-state index contributed by atoms with van der Waals surface area (Å²) >= 11 is 0. The molecular formula is C13H17N5. The summed E-state index contributed by atoms with van der Waals surface area (Å²) in [7, 11) is 0. The van der Waals surface area contributed by atoms with Crippen LogP contribution < -0.4 is 10.2 Å². The Balaban J connectivity index is 1.93. The minimum absolute atomic E-state index is 0.698. The summed E-state index contributed by atoms with van der Waals surface area (Å²) in [4.78, 5) is 2.38. The largest absolute Gasteiger partial charge is 0.369 e. The van der Waals surface area contributed by atoms with Crippen LogP contribution in [-0.2, 0) is 6.54 Å². The molecule has 0 bridgehead atoms. The van der Waals surface area contributed by atoms with Crippen LogP contribution in [0.4, 0.5) is 5.69 Å². The van der Waals surface area contributed by atoms with E-state index in [1.807, 2.05) is 10.8 Å². The Morgan fingerprint density at radius 1 is 1.33 bits per heavy atom. The number of aromatic nitrogens is 3. The molecule has 1 aliphatic heterocycles. The van der Waals surface area contributed by atoms with Crippen molar-refractivity contribution in [1.82, 2.24) is 20.3 Å². The summed E-state index contributed by atoms with van der Waals surface area (Å²) in [6.07, 6.45) is 1.83. The number of benzene rings is 1. The molecule has 0 radical (unpaired) electrons. The smallest absolute Gasteiger partial charge is 0.115 e. The van der Waals surface area contributed by atoms with Gasteiger partial charge < -0.3 is 10.2 Å². The average molecular weight is 243 g/mol. The Morgan fingerprint density at radius 2 is 2.17 bits per heavy atom. The maximum atomic E-state index is 4.22. The molecule has 3 rings (SSSR count). The van der Waals surface area contributed by atoms with E-state index in [1.54, 1.807) is 0 Å². The lowest BCUT2D eigenvalue weighted by atomic mass is 10.2. The second-order valence-electron chi connectivity index (χ2n) is 4.47. The highest BCUT2D eigenvalue weighted by Gasteiger charge is 2.12. The highest BCUT2D eigenvalue weighted by atomic mass is 15.4. The molecule has 18 heavy (non-hydrogen) atoms. The number of rotatable bonds is 3. The summed E-state index contributed by atoms with van der Waals surface area (Å²) in [6.45, 7) is 8.61. The molecule has 1 aromatic heterocycles. The summed E-state index contributed by atoms with van der Waals surface area (Å²) in [5.41, 5.74) is 3.25. The zero-order valence-electron chi connectivity index (χ0n) is 10.3. The highest BCUT2D eigenvalue weighted by molar-refractivity contribution is 5.79. The molecule has 0 saturated carbocycles. The van der Waals surface area contributed by atoms with Crippen molar-refractivity contribution >= 4 is 16.7 Å². The van der Waals surface area contributed by atoms with Crippen LogP contribution in [0, 0.1) is 0 Å². The summed E-state index contributed by atoms with van der Waals surface area (Å²) in [6, 6.07) is 6.36. The van der Waals surface area contributed by atoms with E-state index in [2.05, 4.69) is 45.3 Å². The number of hydrogen-bond donors (Lipinski definition) is 1. The van der Waals surface area contributed by atoms with Gasteiger partial charge in [0.2, 0.25) is 0 Å². The third kappa shape index (κ3) is 1.97. The standard InChI is InChI=1S/C13H17N5/c1-2-7-18-13-4-3-11(10-12(13)15-16-18)17-8-5-14-6-9-17/h2-4,10,14H,1,5-9H2. The molecule has 2 aromatic rings. The van der Waals surface area contributed by atoms with Crippen LogP contribution in [0.2, 0.25) is 0 Å². The number of anilines is 1. The molecule has 1 aromatic carbocycles. The quantitative estimate of drug-likeness (QED) is 0.818. The maximum absolute atomic E-state index is 4.22. The van der Waals surface area contributed by atoms with Gasteiger partial charge in [-0.1, -0.05) is 11.3 Å². The Morgan fingerprint density at radius 3 is 2.94 bits per heavy atom. The number of allylic oxidation sites excluding steroid dienone is 1. The molecule has 0 amide bonds. The van der Waals surface area contributed by atoms with E-state index in [1.165, 1.54) is 5.69 Å². The van der Waals surface area contributed by atoms with Crippen LogP contribution in [0.25, 0.3) is 11.0 Å². The fourth-order valence-corrected chi connectivity index (χ4v) is 2.34. The Labute approximate surface area is 106 Å². The predicted octanol–water partition coefficient (Wildman–Crippen LogP) is 1.03. The van der Waals surface area contributed by atoms with Crippen molar-refractivity contribution in [2.24, 2.45) is 0 Å². The predicted molar refractivity (Wildman–Crippen MR) is 72.8 cm³/mol. The van der Waals surface area contributed by atoms with E-state index in [4.69, 9.17) is 0 Å². The normalized spacial score (nSPS) is 16.1. The summed E-state index contributed by atoms with van der Waals surface area (Å²) in [5.74, 6) is 0. The second-order valence-corrected chi connectivity index (χ2v) is 4.47. The maximum Gasteiger partial charge on any atom is 0.115 e. The van der Waals surface area contributed by atoms with Crippen molar-refractivity contribution in [3.63, 3.8) is 0 Å². The number of nitrogens with zero attached hydrogens (tertiary/aromatic N) is 4. The number of piperazine rings is 1. The van der Waals surface area contributed by atoms with E-state index in [0.717, 1.165) is 37.2 Å². The molecule has 1 N–H and O–H groups in total. The monoisotopic (exact) mass is 243 g/mol. The number of hydrogen-bond acceptors (Lipinski definition) is 4. The van der Waals surface area contributed by atoms with E-state index in [0.29, 0.717) is 6.54 Å². The molecular weight excluding hydrogens is 226 g/mol. The molecule has 5 heteroatoms. The van der Waals surface area contributed by atoms with Gasteiger partial charge in [-0.2, -0.15) is 0 Å². The van der Waals surface area contributed by atoms with Gasteiger partial charge in [0.15, 0.2) is 0 Å². The summed E-state index contributed by atoms with van der Waals surface area (Å²) in [5, 5.41) is 11.7. The van der Waals surface area contributed by atoms with Crippen molar-refractivity contribution in [2.45, 2.75) is 6.54 Å². The van der Waals surface area contributed by atoms with Crippen LogP contribution in [0.1, 0.15) is 0 Å². The van der Waals surface area contributed by atoms with Crippen LogP contribution >= 0.6 is 0 Å². The SMILES string of the molecule is C=CCn1nnc2cc(N3CCNCC3)ccc21. The first kappa shape index (κ1) is 11.2. The molecule has 0 atom stereocenters. The van der Waals surface area contributed by atoms with Crippen LogP contribution in [0.3, 0.4) is 0 Å². The molecule has 5 nitrogen and oxygen atoms in total. The first-order valence-corrected chi connectivity index (χ1v) is 6.28. The zero-order chi connectivity index (χ0) is 12.4. The molecule has 2 heterocycles. The Hall–Kier alpha value is -1.88. The second kappa shape index (κ2) is 4.78. The third-order valence-electron chi connectivity index (χ3n) is 3.28. The van der Waals surface area contributed by atoms with Crippen molar-refractivity contribution in [3.8, 4) is 0 Å². The molecule has 1 aliphatic rings. The fourth-order valence-electron chi connectivity index (χ4n) is 2.34. The topological polar surface area (TPSA) is 46.0 Å². The van der Waals surface area contributed by atoms with Gasteiger partial charge in [0.1, 0.15) is 5.52 Å². The lowest BCUT2D eigenvalue weighted by Crippen LogP contribution is -2.43. The van der Waals surface area contributed by atoms with Crippen LogP contribution in [-0.4, -0.2) is 41.2 Å². The molecule has 1 fully saturated rings. The molecule has 1 saturated heterocycles. The number of nitrogens with one attached hydrogen (secondary N) is 1. The zero-order valence-corrected chi connectivity index (χ0v) is 10.3. The van der Waals surface area contributed by atoms with Crippen LogP contribution in [0.15, 0.2) is 30.9 Å². The molecule has 0 unspecified atom stereocenters. The van der Waals surface area contributed by atoms with Gasteiger partial charge in [-0.25, -0.2) is 4.68 Å². The lowest BCUT2D eigenvalue weighted by Gasteiger charge is -2.29. The highest BCUT2D eigenvalue weighted by Crippen LogP contribution is 2.20. The van der Waals surface area contributed by atoms with E-state index in [-0.39, 0.29) is 0 Å². The minimum Gasteiger partial charge on any atom is -0.369 e. The van der Waals surface area contributed by atoms with Crippen molar-refractivity contribution in [3.05, 3.63) is 30.9 Å². The Bertz CT molecular complexity index is 554. The van der Waals surface area contributed by atoms with E-state index >= 15 is 0 Å². The average Bonchev–Trinajstić information content (AvgIpc) is 2.83. The third-order valence-corrected chi connectivity index (χ3v) is 3.28. The van der Waals surface area contributed by atoms with E-state index in [9.17, 15) is 0 Å². The lowest BCUT2D eigenvalue weighted by molar-refractivity contribution is 0.589. The molecule has 0 aliphatic carbocycles. The first-order valence-electron chi connectivity index (χ1n) is 6.28. The molecule has 0 spiro atoms. The van der Waals surface area contributed by atoms with Crippen molar-refractivity contribution < 1.29 is 0 Å². The van der Waals surface area contributed by atoms with Gasteiger partial charge in [0.05, 0.1) is 12.1 Å². The van der Waals surface area contributed by atoms with Gasteiger partial charge in [-0.3, -0.25) is 0 Å². The fraction of sp³-hybridized carbons (Fsp3) is 0.385. The van der Waals surface area contributed by atoms with Crippen molar-refractivity contribution in [2.75, 3.05) is 31.1 Å². The number of fused-ring (bicyclic) bond motifs is 1. The van der Waals surface area contributed by atoms with Crippen molar-refractivity contribution in [1.29, 1.82) is 0 Å². The van der Waals surface area contributed by atoms with Gasteiger partial charge in [0.25, 0.3) is 0 Å². The summed E-state index contributed by atoms with van der Waals surface area (Å²) < 4.78 is 1.86. The van der Waals surface area contributed by atoms with Gasteiger partial charge >= 0.3 is 0 Å². The first-order chi connectivity index (χ1) is 8.88. The van der Waals surface area contributed by atoms with Gasteiger partial charge in [-0.15, -0.1) is 11.7 Å². The van der Waals surface area contributed by atoms with Gasteiger partial charge in [0, 0.05) is 31.9 Å².